The molecule has 4 N–H and O–H groups in total. The molecule has 0 aliphatic carbocycles. The summed E-state index contributed by atoms with van der Waals surface area (Å²) >= 11 is 0. The van der Waals surface area contributed by atoms with Crippen LogP contribution in [-0.4, -0.2) is 26.8 Å². The monoisotopic (exact) mass is 443 g/mol. The Labute approximate surface area is 177 Å². The van der Waals surface area contributed by atoms with Crippen molar-refractivity contribution in [3.8, 4) is 5.75 Å². The van der Waals surface area contributed by atoms with Gasteiger partial charge < -0.3 is 15.8 Å². The van der Waals surface area contributed by atoms with Gasteiger partial charge in [0.25, 0.3) is 21.8 Å². The SMILES string of the molecule is NC(=O)COc1ccc(C(=O)Nc2cccc(S(=O)(=O)Nc3ccccc3F)c2)cc1. The molecule has 0 unspecified atom stereocenters. The number of carbonyl (C=O) groups excluding carboxylic acids is 2. The van der Waals surface area contributed by atoms with E-state index in [0.717, 1.165) is 6.07 Å². The number of hydrogen-bond acceptors (Lipinski definition) is 5. The number of para-hydroxylation sites is 1. The molecular weight excluding hydrogens is 425 g/mol. The molecule has 0 atom stereocenters. The quantitative estimate of drug-likeness (QED) is 0.493. The molecule has 0 saturated heterocycles. The molecule has 0 aromatic heterocycles. The van der Waals surface area contributed by atoms with Crippen molar-refractivity contribution in [2.24, 2.45) is 5.73 Å². The lowest BCUT2D eigenvalue weighted by molar-refractivity contribution is -0.119. The maximum Gasteiger partial charge on any atom is 0.262 e. The van der Waals surface area contributed by atoms with E-state index in [1.165, 1.54) is 66.7 Å². The first kappa shape index (κ1) is 21.8. The predicted octanol–water partition coefficient (Wildman–Crippen LogP) is 2.74. The van der Waals surface area contributed by atoms with Gasteiger partial charge in [0.05, 0.1) is 10.6 Å². The van der Waals surface area contributed by atoms with Crippen molar-refractivity contribution in [2.75, 3.05) is 16.6 Å². The Morgan fingerprint density at radius 1 is 0.968 bits per heavy atom. The Kier molecular flexibility index (Phi) is 6.51. The van der Waals surface area contributed by atoms with Crippen molar-refractivity contribution in [1.82, 2.24) is 0 Å². The molecule has 0 bridgehead atoms. The number of anilines is 2. The predicted molar refractivity (Wildman–Crippen MR) is 113 cm³/mol. The summed E-state index contributed by atoms with van der Waals surface area (Å²) in [7, 11) is -4.07. The number of halogens is 1. The minimum absolute atomic E-state index is 0.149. The average Bonchev–Trinajstić information content (AvgIpc) is 2.74. The van der Waals surface area contributed by atoms with Crippen LogP contribution in [0.4, 0.5) is 15.8 Å². The minimum Gasteiger partial charge on any atom is -0.484 e. The molecule has 160 valence electrons. The van der Waals surface area contributed by atoms with Crippen LogP contribution in [0.2, 0.25) is 0 Å². The van der Waals surface area contributed by atoms with Crippen LogP contribution in [0.5, 0.6) is 5.75 Å². The molecule has 0 saturated carbocycles. The number of carbonyl (C=O) groups is 2. The summed E-state index contributed by atoms with van der Waals surface area (Å²) in [6, 6.07) is 16.9. The second kappa shape index (κ2) is 9.26. The molecule has 2 amide bonds. The summed E-state index contributed by atoms with van der Waals surface area (Å²) < 4.78 is 46.2. The molecule has 0 aliphatic rings. The van der Waals surface area contributed by atoms with Gasteiger partial charge >= 0.3 is 0 Å². The molecule has 0 spiro atoms. The van der Waals surface area contributed by atoms with E-state index in [-0.39, 0.29) is 28.4 Å². The number of sulfonamides is 1. The molecule has 0 fully saturated rings. The minimum atomic E-state index is -4.07. The van der Waals surface area contributed by atoms with E-state index in [2.05, 4.69) is 10.0 Å². The number of ether oxygens (including phenoxy) is 1. The standard InChI is InChI=1S/C21H18FN3O5S/c22-18-6-1-2-7-19(18)25-31(28,29)17-5-3-4-15(12-17)24-21(27)14-8-10-16(11-9-14)30-13-20(23)26/h1-12,25H,13H2,(H2,23,26)(H,24,27). The van der Waals surface area contributed by atoms with Crippen LogP contribution in [0.3, 0.4) is 0 Å². The van der Waals surface area contributed by atoms with Gasteiger partial charge in [-0.1, -0.05) is 18.2 Å². The Balaban J connectivity index is 1.72. The fourth-order valence-electron chi connectivity index (χ4n) is 2.55. The summed E-state index contributed by atoms with van der Waals surface area (Å²) in [5.41, 5.74) is 5.33. The fourth-order valence-corrected chi connectivity index (χ4v) is 3.66. The molecule has 10 heteroatoms. The second-order valence-corrected chi connectivity index (χ2v) is 8.03. The third-order valence-electron chi connectivity index (χ3n) is 4.02. The van der Waals surface area contributed by atoms with Gasteiger partial charge in [0.1, 0.15) is 11.6 Å². The summed E-state index contributed by atoms with van der Waals surface area (Å²) in [5, 5.41) is 2.60. The number of rotatable bonds is 8. The van der Waals surface area contributed by atoms with Crippen LogP contribution in [-0.2, 0) is 14.8 Å². The van der Waals surface area contributed by atoms with E-state index in [1.807, 2.05) is 0 Å². The summed E-state index contributed by atoms with van der Waals surface area (Å²) in [4.78, 5) is 23.0. The zero-order chi connectivity index (χ0) is 22.4. The van der Waals surface area contributed by atoms with Gasteiger partial charge in [-0.3, -0.25) is 14.3 Å². The first-order chi connectivity index (χ1) is 14.7. The van der Waals surface area contributed by atoms with Gasteiger partial charge in [0.2, 0.25) is 0 Å². The number of nitrogens with one attached hydrogen (secondary N) is 2. The molecule has 3 rings (SSSR count). The van der Waals surface area contributed by atoms with E-state index >= 15 is 0 Å². The van der Waals surface area contributed by atoms with Crippen LogP contribution in [0, 0.1) is 5.82 Å². The zero-order valence-electron chi connectivity index (χ0n) is 16.0. The van der Waals surface area contributed by atoms with Gasteiger partial charge in [0, 0.05) is 11.3 Å². The molecule has 0 radical (unpaired) electrons. The van der Waals surface area contributed by atoms with E-state index < -0.39 is 27.7 Å². The Morgan fingerprint density at radius 2 is 1.68 bits per heavy atom. The van der Waals surface area contributed by atoms with Crippen molar-refractivity contribution in [3.05, 3.63) is 84.2 Å². The summed E-state index contributed by atoms with van der Waals surface area (Å²) in [6.07, 6.45) is 0. The molecule has 31 heavy (non-hydrogen) atoms. The van der Waals surface area contributed by atoms with Crippen molar-refractivity contribution >= 4 is 33.2 Å². The van der Waals surface area contributed by atoms with Crippen LogP contribution in [0.25, 0.3) is 0 Å². The third-order valence-corrected chi connectivity index (χ3v) is 5.38. The number of hydrogen-bond donors (Lipinski definition) is 3. The smallest absolute Gasteiger partial charge is 0.262 e. The van der Waals surface area contributed by atoms with E-state index in [9.17, 15) is 22.4 Å². The van der Waals surface area contributed by atoms with Crippen LogP contribution in [0.15, 0.2) is 77.7 Å². The maximum atomic E-state index is 13.8. The number of amides is 2. The summed E-state index contributed by atoms with van der Waals surface area (Å²) in [5.74, 6) is -1.46. The lowest BCUT2D eigenvalue weighted by Crippen LogP contribution is -2.20. The van der Waals surface area contributed by atoms with E-state index in [1.54, 1.807) is 0 Å². The molecule has 0 heterocycles. The Hall–Kier alpha value is -3.92. The number of nitrogens with two attached hydrogens (primary N) is 1. The van der Waals surface area contributed by atoms with E-state index in [4.69, 9.17) is 10.5 Å². The number of benzene rings is 3. The zero-order valence-corrected chi connectivity index (χ0v) is 16.9. The van der Waals surface area contributed by atoms with Gasteiger partial charge in [-0.15, -0.1) is 0 Å². The topological polar surface area (TPSA) is 128 Å². The van der Waals surface area contributed by atoms with Crippen molar-refractivity contribution < 1.29 is 27.1 Å². The largest absolute Gasteiger partial charge is 0.484 e. The first-order valence-electron chi connectivity index (χ1n) is 8.94. The van der Waals surface area contributed by atoms with Crippen LogP contribution >= 0.6 is 0 Å². The first-order valence-corrected chi connectivity index (χ1v) is 10.4. The van der Waals surface area contributed by atoms with Gasteiger partial charge in [-0.2, -0.15) is 0 Å². The Morgan fingerprint density at radius 3 is 2.35 bits per heavy atom. The molecule has 3 aromatic rings. The highest BCUT2D eigenvalue weighted by atomic mass is 32.2. The van der Waals surface area contributed by atoms with Crippen LogP contribution in [0.1, 0.15) is 10.4 Å². The highest BCUT2D eigenvalue weighted by Crippen LogP contribution is 2.22. The highest BCUT2D eigenvalue weighted by Gasteiger charge is 2.17. The molecular formula is C21H18FN3O5S. The Bertz CT molecular complexity index is 1210. The lowest BCUT2D eigenvalue weighted by Gasteiger charge is -2.11. The average molecular weight is 443 g/mol. The molecule has 3 aromatic carbocycles. The lowest BCUT2D eigenvalue weighted by atomic mass is 10.2. The third kappa shape index (κ3) is 5.80. The van der Waals surface area contributed by atoms with Crippen molar-refractivity contribution in [3.63, 3.8) is 0 Å². The maximum absolute atomic E-state index is 13.8. The van der Waals surface area contributed by atoms with E-state index in [0.29, 0.717) is 5.75 Å². The molecule has 8 nitrogen and oxygen atoms in total. The summed E-state index contributed by atoms with van der Waals surface area (Å²) in [6.45, 7) is -0.284. The van der Waals surface area contributed by atoms with Gasteiger partial charge in [0.15, 0.2) is 6.61 Å². The number of primary amides is 1. The second-order valence-electron chi connectivity index (χ2n) is 6.35. The normalized spacial score (nSPS) is 10.9. The van der Waals surface area contributed by atoms with Gasteiger partial charge in [-0.25, -0.2) is 12.8 Å². The van der Waals surface area contributed by atoms with Gasteiger partial charge in [-0.05, 0) is 54.6 Å². The van der Waals surface area contributed by atoms with Crippen molar-refractivity contribution in [1.29, 1.82) is 0 Å². The highest BCUT2D eigenvalue weighted by molar-refractivity contribution is 7.92. The molecule has 0 aliphatic heterocycles. The fraction of sp³-hybridized carbons (Fsp3) is 0.0476. The van der Waals surface area contributed by atoms with Crippen molar-refractivity contribution in [2.45, 2.75) is 4.90 Å². The van der Waals surface area contributed by atoms with Crippen LogP contribution < -0.4 is 20.5 Å².